The molecule has 1 aliphatic rings. The van der Waals surface area contributed by atoms with E-state index in [9.17, 15) is 18.4 Å². The Labute approximate surface area is 276 Å². The van der Waals surface area contributed by atoms with Crippen molar-refractivity contribution in [3.63, 3.8) is 0 Å². The first-order valence-corrected chi connectivity index (χ1v) is 15.7. The van der Waals surface area contributed by atoms with E-state index in [2.05, 4.69) is 61.6 Å². The van der Waals surface area contributed by atoms with Crippen LogP contribution in [0.2, 0.25) is 0 Å². The molecule has 2 aromatic heterocycles. The highest BCUT2D eigenvalue weighted by atomic mass is 19.2. The van der Waals surface area contributed by atoms with Crippen LogP contribution in [-0.2, 0) is 6.54 Å². The highest BCUT2D eigenvalue weighted by molar-refractivity contribution is 5.93. The smallest absolute Gasteiger partial charge is 0.266 e. The lowest BCUT2D eigenvalue weighted by atomic mass is 10.0. The van der Waals surface area contributed by atoms with E-state index in [-0.39, 0.29) is 18.7 Å². The van der Waals surface area contributed by atoms with Gasteiger partial charge in [-0.05, 0) is 92.6 Å². The van der Waals surface area contributed by atoms with Crippen LogP contribution < -0.4 is 21.1 Å². The van der Waals surface area contributed by atoms with Crippen LogP contribution in [0, 0.1) is 11.6 Å². The summed E-state index contributed by atoms with van der Waals surface area (Å²) < 4.78 is 28.0. The lowest BCUT2D eigenvalue weighted by Crippen LogP contribution is -2.41. The highest BCUT2D eigenvalue weighted by Crippen LogP contribution is 2.25. The number of halogens is 2. The van der Waals surface area contributed by atoms with Gasteiger partial charge in [-0.15, -0.1) is 0 Å². The van der Waals surface area contributed by atoms with E-state index in [4.69, 9.17) is 0 Å². The van der Waals surface area contributed by atoms with Crippen LogP contribution >= 0.6 is 0 Å². The fraction of sp³-hybridized carbons (Fsp3) is 0.250. The van der Waals surface area contributed by atoms with Crippen LogP contribution in [0.4, 0.5) is 26.1 Å². The number of anilines is 3. The Morgan fingerprint density at radius 2 is 1.81 bits per heavy atom. The number of amides is 1. The largest absolute Gasteiger partial charge is 0.372 e. The number of likely N-dealkylation sites (tertiary alicyclic amines) is 1. The first kappa shape index (κ1) is 32.5. The number of aromatic nitrogens is 4. The first-order chi connectivity index (χ1) is 23.2. The van der Waals surface area contributed by atoms with E-state index in [0.717, 1.165) is 60.2 Å². The third-order valence-corrected chi connectivity index (χ3v) is 8.54. The Hall–Kier alpha value is -5.49. The van der Waals surface area contributed by atoms with Crippen molar-refractivity contribution in [3.8, 4) is 0 Å². The molecule has 0 atom stereocenters. The number of piperidine rings is 1. The Morgan fingerprint density at radius 1 is 1.02 bits per heavy atom. The van der Waals surface area contributed by atoms with E-state index in [0.29, 0.717) is 17.6 Å². The molecule has 0 aliphatic carbocycles. The number of carbonyl (C=O) groups is 1. The van der Waals surface area contributed by atoms with E-state index in [1.807, 2.05) is 36.4 Å². The quantitative estimate of drug-likeness (QED) is 0.212. The zero-order valence-electron chi connectivity index (χ0n) is 26.7. The maximum Gasteiger partial charge on any atom is 0.266 e. The van der Waals surface area contributed by atoms with Crippen LogP contribution in [0.1, 0.15) is 34.3 Å². The zero-order valence-corrected chi connectivity index (χ0v) is 26.7. The molecule has 0 unspecified atom stereocenters. The summed E-state index contributed by atoms with van der Waals surface area (Å²) in [6.07, 6.45) is 10.1. The van der Waals surface area contributed by atoms with Gasteiger partial charge in [0.05, 0.1) is 18.4 Å². The minimum absolute atomic E-state index is 0.0585. The van der Waals surface area contributed by atoms with Gasteiger partial charge in [0.15, 0.2) is 11.6 Å². The first-order valence-electron chi connectivity index (χ1n) is 15.7. The van der Waals surface area contributed by atoms with E-state index in [1.165, 1.54) is 28.8 Å². The van der Waals surface area contributed by atoms with E-state index >= 15 is 0 Å². The predicted molar refractivity (Wildman–Crippen MR) is 184 cm³/mol. The maximum absolute atomic E-state index is 13.6. The number of hydrogen-bond donors (Lipinski definition) is 2. The number of rotatable bonds is 10. The van der Waals surface area contributed by atoms with Gasteiger partial charge in [-0.25, -0.2) is 23.7 Å². The minimum atomic E-state index is -1.02. The van der Waals surface area contributed by atoms with E-state index < -0.39 is 23.1 Å². The lowest BCUT2D eigenvalue weighted by Gasteiger charge is -2.36. The number of nitrogens with zero attached hydrogens (tertiary/aromatic N) is 6. The van der Waals surface area contributed by atoms with Crippen molar-refractivity contribution in [2.24, 2.45) is 0 Å². The van der Waals surface area contributed by atoms with Gasteiger partial charge in [0.2, 0.25) is 5.95 Å². The topological polar surface area (TPSA) is 108 Å². The standard InChI is InChI=1S/C36H36F2N8O2/c1-44-16-13-29(14-17-44)45(2)28-9-7-27(8-10-28)42-36-41-20-26-18-24(6-12-33(26)43-36)4-3-15-40-34(47)30-21-39-23-46(35(30)48)22-25-5-11-31(37)32(38)19-25/h3-12,18-21,23,29H,13-17,22H2,1-2H3,(H,40,47)(H,41,42,43). The molecule has 1 aliphatic heterocycles. The predicted octanol–water partition coefficient (Wildman–Crippen LogP) is 5.23. The van der Waals surface area contributed by atoms with Crippen LogP contribution in [0.25, 0.3) is 17.0 Å². The third-order valence-electron chi connectivity index (χ3n) is 8.54. The van der Waals surface area contributed by atoms with Crippen molar-refractivity contribution >= 4 is 40.2 Å². The molecule has 48 heavy (non-hydrogen) atoms. The molecule has 0 spiro atoms. The molecule has 0 radical (unpaired) electrons. The van der Waals surface area contributed by atoms with Gasteiger partial charge in [0, 0.05) is 48.8 Å². The fourth-order valence-corrected chi connectivity index (χ4v) is 5.71. The molecule has 0 saturated carbocycles. The average molecular weight is 651 g/mol. The van der Waals surface area contributed by atoms with Crippen molar-refractivity contribution in [2.75, 3.05) is 43.9 Å². The molecule has 2 N–H and O–H groups in total. The number of fused-ring (bicyclic) bond motifs is 1. The molecule has 3 aromatic carbocycles. The van der Waals surface area contributed by atoms with Crippen LogP contribution in [0.15, 0.2) is 90.3 Å². The number of carbonyl (C=O) groups excluding carboxylic acids is 1. The summed E-state index contributed by atoms with van der Waals surface area (Å²) in [5.74, 6) is -2.09. The fourth-order valence-electron chi connectivity index (χ4n) is 5.71. The zero-order chi connectivity index (χ0) is 33.6. The molecule has 1 amide bonds. The van der Waals surface area contributed by atoms with Crippen molar-refractivity contribution in [1.82, 2.24) is 29.7 Å². The van der Waals surface area contributed by atoms with Crippen molar-refractivity contribution in [2.45, 2.75) is 25.4 Å². The summed E-state index contributed by atoms with van der Waals surface area (Å²) in [4.78, 5) is 43.4. The Bertz CT molecular complexity index is 2010. The molecule has 1 fully saturated rings. The van der Waals surface area contributed by atoms with Gasteiger partial charge in [-0.3, -0.25) is 14.2 Å². The van der Waals surface area contributed by atoms with Gasteiger partial charge in [-0.2, -0.15) is 0 Å². The molecule has 6 rings (SSSR count). The van der Waals surface area contributed by atoms with Gasteiger partial charge in [0.25, 0.3) is 11.5 Å². The van der Waals surface area contributed by atoms with Crippen LogP contribution in [-0.4, -0.2) is 70.1 Å². The van der Waals surface area contributed by atoms with Crippen LogP contribution in [0.5, 0.6) is 0 Å². The molecular weight excluding hydrogens is 614 g/mol. The SMILES string of the molecule is CN1CCC(N(C)c2ccc(Nc3ncc4cc(C=CCNC(=O)c5cncn(Cc6ccc(F)c(F)c6)c5=O)ccc4n3)cc2)CC1. The third kappa shape index (κ3) is 7.72. The van der Waals surface area contributed by atoms with Crippen LogP contribution in [0.3, 0.4) is 0 Å². The monoisotopic (exact) mass is 650 g/mol. The molecule has 1 saturated heterocycles. The number of hydrogen-bond acceptors (Lipinski definition) is 8. The molecule has 0 bridgehead atoms. The van der Waals surface area contributed by atoms with Gasteiger partial charge in [-0.1, -0.05) is 24.3 Å². The number of benzene rings is 3. The Morgan fingerprint density at radius 3 is 2.58 bits per heavy atom. The summed E-state index contributed by atoms with van der Waals surface area (Å²) in [6, 6.07) is 18.0. The second-order valence-electron chi connectivity index (χ2n) is 11.9. The van der Waals surface area contributed by atoms with Crippen molar-refractivity contribution in [1.29, 1.82) is 0 Å². The summed E-state index contributed by atoms with van der Waals surface area (Å²) in [7, 11) is 4.34. The normalized spacial score (nSPS) is 14.0. The lowest BCUT2D eigenvalue weighted by molar-refractivity contribution is 0.0955. The summed E-state index contributed by atoms with van der Waals surface area (Å²) in [6.45, 7) is 2.35. The summed E-state index contributed by atoms with van der Waals surface area (Å²) in [5, 5.41) is 6.84. The molecule has 3 heterocycles. The van der Waals surface area contributed by atoms with Gasteiger partial charge in [0.1, 0.15) is 5.56 Å². The molecule has 5 aromatic rings. The Kier molecular flexibility index (Phi) is 9.81. The van der Waals surface area contributed by atoms with E-state index in [1.54, 1.807) is 12.3 Å². The molecule has 12 heteroatoms. The molecule has 10 nitrogen and oxygen atoms in total. The summed E-state index contributed by atoms with van der Waals surface area (Å²) >= 11 is 0. The van der Waals surface area contributed by atoms with Gasteiger partial charge < -0.3 is 20.4 Å². The highest BCUT2D eigenvalue weighted by Gasteiger charge is 2.21. The second kappa shape index (κ2) is 14.5. The summed E-state index contributed by atoms with van der Waals surface area (Å²) in [5.41, 5.74) is 3.39. The molecular formula is C36H36F2N8O2. The van der Waals surface area contributed by atoms with Gasteiger partial charge >= 0.3 is 0 Å². The second-order valence-corrected chi connectivity index (χ2v) is 11.9. The Balaban J connectivity index is 1.03. The van der Waals surface area contributed by atoms with Crippen molar-refractivity contribution < 1.29 is 13.6 Å². The maximum atomic E-state index is 13.6. The number of nitrogens with one attached hydrogen (secondary N) is 2. The molecule has 246 valence electrons. The minimum Gasteiger partial charge on any atom is -0.372 e. The van der Waals surface area contributed by atoms with Crippen molar-refractivity contribution in [3.05, 3.63) is 124 Å². The average Bonchev–Trinajstić information content (AvgIpc) is 3.09.